The summed E-state index contributed by atoms with van der Waals surface area (Å²) in [4.78, 5) is 0. The van der Waals surface area contributed by atoms with Gasteiger partial charge in [0.25, 0.3) is 0 Å². The zero-order valence-electron chi connectivity index (χ0n) is 5.76. The SMILES string of the molecule is OCc1cc2c(o1)CCC2. The second-order valence-corrected chi connectivity index (χ2v) is 2.67. The van der Waals surface area contributed by atoms with Crippen LogP contribution in [-0.4, -0.2) is 5.11 Å². The molecule has 1 N–H and O–H groups in total. The van der Waals surface area contributed by atoms with Crippen LogP contribution in [0.1, 0.15) is 23.5 Å². The molecule has 1 heterocycles. The summed E-state index contributed by atoms with van der Waals surface area (Å²) >= 11 is 0. The van der Waals surface area contributed by atoms with Gasteiger partial charge in [0.05, 0.1) is 0 Å². The quantitative estimate of drug-likeness (QED) is 0.633. The highest BCUT2D eigenvalue weighted by atomic mass is 16.4. The second kappa shape index (κ2) is 2.13. The van der Waals surface area contributed by atoms with E-state index >= 15 is 0 Å². The number of aliphatic hydroxyl groups is 1. The third-order valence-electron chi connectivity index (χ3n) is 1.95. The minimum Gasteiger partial charge on any atom is -0.463 e. The van der Waals surface area contributed by atoms with Crippen LogP contribution in [0.2, 0.25) is 0 Å². The molecule has 0 saturated carbocycles. The Morgan fingerprint density at radius 1 is 1.50 bits per heavy atom. The molecule has 0 spiro atoms. The number of fused-ring (bicyclic) bond motifs is 1. The van der Waals surface area contributed by atoms with Crippen LogP contribution in [0, 0.1) is 0 Å². The fourth-order valence-corrected chi connectivity index (χ4v) is 1.47. The van der Waals surface area contributed by atoms with Gasteiger partial charge in [-0.2, -0.15) is 0 Å². The molecule has 2 rings (SSSR count). The Balaban J connectivity index is 2.37. The Kier molecular flexibility index (Phi) is 1.27. The molecular formula is C8H10O2. The maximum Gasteiger partial charge on any atom is 0.129 e. The van der Waals surface area contributed by atoms with E-state index in [9.17, 15) is 0 Å². The van der Waals surface area contributed by atoms with Crippen LogP contribution in [0.4, 0.5) is 0 Å². The monoisotopic (exact) mass is 138 g/mol. The van der Waals surface area contributed by atoms with Crippen molar-refractivity contribution >= 4 is 0 Å². The topological polar surface area (TPSA) is 33.4 Å². The Bertz CT molecular complexity index is 216. The molecule has 0 fully saturated rings. The molecule has 0 bridgehead atoms. The van der Waals surface area contributed by atoms with E-state index in [1.54, 1.807) is 0 Å². The summed E-state index contributed by atoms with van der Waals surface area (Å²) in [6, 6.07) is 1.96. The fraction of sp³-hybridized carbons (Fsp3) is 0.500. The number of furan rings is 1. The van der Waals surface area contributed by atoms with Gasteiger partial charge < -0.3 is 9.52 Å². The molecule has 2 heteroatoms. The van der Waals surface area contributed by atoms with Crippen LogP contribution in [-0.2, 0) is 19.4 Å². The first-order valence-electron chi connectivity index (χ1n) is 3.61. The lowest BCUT2D eigenvalue weighted by atomic mass is 10.2. The summed E-state index contributed by atoms with van der Waals surface area (Å²) in [6.07, 6.45) is 3.38. The first-order valence-corrected chi connectivity index (χ1v) is 3.61. The summed E-state index contributed by atoms with van der Waals surface area (Å²) in [6.45, 7) is 0.0347. The van der Waals surface area contributed by atoms with E-state index in [0.717, 1.165) is 18.6 Å². The standard InChI is InChI=1S/C8H10O2/c9-5-7-4-6-2-1-3-8(6)10-7/h4,9H,1-3,5H2. The molecule has 1 aromatic rings. The minimum atomic E-state index is 0.0347. The van der Waals surface area contributed by atoms with E-state index in [4.69, 9.17) is 9.52 Å². The second-order valence-electron chi connectivity index (χ2n) is 2.67. The zero-order chi connectivity index (χ0) is 6.97. The van der Waals surface area contributed by atoms with E-state index in [-0.39, 0.29) is 6.61 Å². The number of hydrogen-bond donors (Lipinski definition) is 1. The first-order chi connectivity index (χ1) is 4.90. The van der Waals surface area contributed by atoms with E-state index in [1.807, 2.05) is 6.07 Å². The molecule has 1 aliphatic rings. The third kappa shape index (κ3) is 0.762. The summed E-state index contributed by atoms with van der Waals surface area (Å²) in [5, 5.41) is 8.70. The molecule has 0 aliphatic heterocycles. The van der Waals surface area contributed by atoms with Crippen molar-refractivity contribution in [1.29, 1.82) is 0 Å². The van der Waals surface area contributed by atoms with Gasteiger partial charge in [-0.05, 0) is 24.5 Å². The molecule has 0 saturated heterocycles. The highest BCUT2D eigenvalue weighted by molar-refractivity contribution is 5.25. The predicted molar refractivity (Wildman–Crippen MR) is 36.7 cm³/mol. The molecule has 54 valence electrons. The van der Waals surface area contributed by atoms with Gasteiger partial charge in [0.15, 0.2) is 0 Å². The van der Waals surface area contributed by atoms with Gasteiger partial charge in [-0.3, -0.25) is 0 Å². The highest BCUT2D eigenvalue weighted by Crippen LogP contribution is 2.25. The van der Waals surface area contributed by atoms with Crippen LogP contribution >= 0.6 is 0 Å². The van der Waals surface area contributed by atoms with Crippen molar-refractivity contribution in [2.45, 2.75) is 25.9 Å². The summed E-state index contributed by atoms with van der Waals surface area (Å²) in [7, 11) is 0. The molecule has 0 amide bonds. The molecule has 2 nitrogen and oxygen atoms in total. The molecule has 0 unspecified atom stereocenters. The Labute approximate surface area is 59.5 Å². The Hall–Kier alpha value is -0.760. The van der Waals surface area contributed by atoms with Gasteiger partial charge in [-0.15, -0.1) is 0 Å². The number of aliphatic hydroxyl groups excluding tert-OH is 1. The number of hydrogen-bond acceptors (Lipinski definition) is 2. The van der Waals surface area contributed by atoms with Gasteiger partial charge >= 0.3 is 0 Å². The maximum atomic E-state index is 8.70. The molecule has 0 aromatic carbocycles. The lowest BCUT2D eigenvalue weighted by Crippen LogP contribution is -1.77. The molecule has 10 heavy (non-hydrogen) atoms. The average molecular weight is 138 g/mol. The number of rotatable bonds is 1. The smallest absolute Gasteiger partial charge is 0.129 e. The molecular weight excluding hydrogens is 128 g/mol. The van der Waals surface area contributed by atoms with Crippen LogP contribution in [0.25, 0.3) is 0 Å². The Morgan fingerprint density at radius 3 is 3.10 bits per heavy atom. The summed E-state index contributed by atoms with van der Waals surface area (Å²) in [5.74, 6) is 1.80. The zero-order valence-corrected chi connectivity index (χ0v) is 5.76. The lowest BCUT2D eigenvalue weighted by Gasteiger charge is -1.87. The van der Waals surface area contributed by atoms with Gasteiger partial charge in [0.2, 0.25) is 0 Å². The third-order valence-corrected chi connectivity index (χ3v) is 1.95. The maximum absolute atomic E-state index is 8.70. The first kappa shape index (κ1) is 5.98. The molecule has 0 atom stereocenters. The summed E-state index contributed by atoms with van der Waals surface area (Å²) in [5.41, 5.74) is 1.30. The lowest BCUT2D eigenvalue weighted by molar-refractivity contribution is 0.243. The van der Waals surface area contributed by atoms with Gasteiger partial charge in [-0.1, -0.05) is 0 Å². The van der Waals surface area contributed by atoms with Crippen molar-refractivity contribution in [3.05, 3.63) is 23.2 Å². The van der Waals surface area contributed by atoms with Crippen molar-refractivity contribution in [3.8, 4) is 0 Å². The molecule has 0 radical (unpaired) electrons. The van der Waals surface area contributed by atoms with Crippen molar-refractivity contribution < 1.29 is 9.52 Å². The van der Waals surface area contributed by atoms with Crippen molar-refractivity contribution in [2.24, 2.45) is 0 Å². The largest absolute Gasteiger partial charge is 0.463 e. The fourth-order valence-electron chi connectivity index (χ4n) is 1.47. The molecule has 1 aromatic heterocycles. The summed E-state index contributed by atoms with van der Waals surface area (Å²) < 4.78 is 5.33. The average Bonchev–Trinajstić information content (AvgIpc) is 2.42. The Morgan fingerprint density at radius 2 is 2.40 bits per heavy atom. The predicted octanol–water partition coefficient (Wildman–Crippen LogP) is 1.26. The van der Waals surface area contributed by atoms with Crippen molar-refractivity contribution in [1.82, 2.24) is 0 Å². The van der Waals surface area contributed by atoms with Gasteiger partial charge in [0, 0.05) is 6.42 Å². The number of aryl methyl sites for hydroxylation is 2. The van der Waals surface area contributed by atoms with Crippen LogP contribution in [0.5, 0.6) is 0 Å². The van der Waals surface area contributed by atoms with Crippen LogP contribution < -0.4 is 0 Å². The molecule has 1 aliphatic carbocycles. The highest BCUT2D eigenvalue weighted by Gasteiger charge is 2.15. The van der Waals surface area contributed by atoms with Crippen LogP contribution in [0.3, 0.4) is 0 Å². The van der Waals surface area contributed by atoms with Gasteiger partial charge in [0.1, 0.15) is 18.1 Å². The van der Waals surface area contributed by atoms with Crippen molar-refractivity contribution in [2.75, 3.05) is 0 Å². The van der Waals surface area contributed by atoms with E-state index in [0.29, 0.717) is 5.76 Å². The van der Waals surface area contributed by atoms with E-state index in [1.165, 1.54) is 12.0 Å². The van der Waals surface area contributed by atoms with Crippen LogP contribution in [0.15, 0.2) is 10.5 Å². The normalized spacial score (nSPS) is 15.7. The van der Waals surface area contributed by atoms with Gasteiger partial charge in [-0.25, -0.2) is 0 Å². The van der Waals surface area contributed by atoms with Crippen molar-refractivity contribution in [3.63, 3.8) is 0 Å². The van der Waals surface area contributed by atoms with E-state index < -0.39 is 0 Å². The van der Waals surface area contributed by atoms with E-state index in [2.05, 4.69) is 0 Å². The minimum absolute atomic E-state index is 0.0347.